The Hall–Kier alpha value is -0.590. The van der Waals surface area contributed by atoms with Gasteiger partial charge < -0.3 is 4.74 Å². The zero-order valence-electron chi connectivity index (χ0n) is 12.0. The van der Waals surface area contributed by atoms with Gasteiger partial charge in [-0.3, -0.25) is 0 Å². The molecule has 0 aromatic heterocycles. The summed E-state index contributed by atoms with van der Waals surface area (Å²) >= 11 is 3.35. The van der Waals surface area contributed by atoms with Gasteiger partial charge in [-0.05, 0) is 60.8 Å². The summed E-state index contributed by atoms with van der Waals surface area (Å²) in [6, 6.07) is 4.99. The van der Waals surface area contributed by atoms with Crippen LogP contribution in [0.3, 0.4) is 0 Å². The van der Waals surface area contributed by atoms with E-state index in [-0.39, 0.29) is 12.1 Å². The van der Waals surface area contributed by atoms with E-state index in [1.807, 2.05) is 13.8 Å². The summed E-state index contributed by atoms with van der Waals surface area (Å²) in [6.45, 7) is 3.96. The van der Waals surface area contributed by atoms with Crippen LogP contribution >= 0.6 is 15.9 Å². The van der Waals surface area contributed by atoms with Crippen LogP contribution in [0.25, 0.3) is 0 Å². The Morgan fingerprint density at radius 1 is 1.25 bits per heavy atom. The van der Waals surface area contributed by atoms with Gasteiger partial charge in [-0.1, -0.05) is 6.42 Å². The van der Waals surface area contributed by atoms with E-state index in [0.717, 1.165) is 19.3 Å². The molecule has 1 heterocycles. The molecule has 2 unspecified atom stereocenters. The van der Waals surface area contributed by atoms with Crippen molar-refractivity contribution in [2.75, 3.05) is 7.11 Å². The van der Waals surface area contributed by atoms with Crippen molar-refractivity contribution in [2.45, 2.75) is 50.1 Å². The lowest BCUT2D eigenvalue weighted by Gasteiger charge is -2.37. The molecule has 1 aliphatic rings. The van der Waals surface area contributed by atoms with Crippen LogP contribution < -0.4 is 4.74 Å². The highest BCUT2D eigenvalue weighted by atomic mass is 79.9. The first-order valence-corrected chi connectivity index (χ1v) is 8.98. The number of benzene rings is 1. The number of hydrogen-bond donors (Lipinski definition) is 0. The molecule has 1 aliphatic heterocycles. The topological polar surface area (TPSA) is 46.6 Å². The summed E-state index contributed by atoms with van der Waals surface area (Å²) in [6.07, 6.45) is 2.92. The van der Waals surface area contributed by atoms with E-state index >= 15 is 0 Å². The third-order valence-corrected chi connectivity index (χ3v) is 6.56. The van der Waals surface area contributed by atoms with Crippen LogP contribution in [0.15, 0.2) is 27.6 Å². The van der Waals surface area contributed by atoms with Crippen molar-refractivity contribution in [3.8, 4) is 5.75 Å². The van der Waals surface area contributed by atoms with E-state index < -0.39 is 10.0 Å². The normalized spacial score (nSPS) is 24.6. The van der Waals surface area contributed by atoms with E-state index in [4.69, 9.17) is 4.74 Å². The summed E-state index contributed by atoms with van der Waals surface area (Å²) in [5.74, 6) is 0.628. The lowest BCUT2D eigenvalue weighted by molar-refractivity contribution is 0.204. The van der Waals surface area contributed by atoms with Gasteiger partial charge in [-0.2, -0.15) is 4.31 Å². The molecule has 6 heteroatoms. The summed E-state index contributed by atoms with van der Waals surface area (Å²) in [5.41, 5.74) is 0. The molecule has 0 aliphatic carbocycles. The lowest BCUT2D eigenvalue weighted by atomic mass is 10.0. The number of methoxy groups -OCH3 is 1. The fourth-order valence-electron chi connectivity index (χ4n) is 2.80. The first kappa shape index (κ1) is 15.8. The average Bonchev–Trinajstić information content (AvgIpc) is 2.38. The molecule has 4 nitrogen and oxygen atoms in total. The number of rotatable bonds is 3. The number of nitrogens with zero attached hydrogens (tertiary/aromatic N) is 1. The number of ether oxygens (including phenoxy) is 1. The maximum absolute atomic E-state index is 12.8. The fourth-order valence-corrected chi connectivity index (χ4v) is 5.40. The van der Waals surface area contributed by atoms with E-state index in [0.29, 0.717) is 15.1 Å². The van der Waals surface area contributed by atoms with Crippen LogP contribution in [0.2, 0.25) is 0 Å². The van der Waals surface area contributed by atoms with Crippen LogP contribution in [0, 0.1) is 0 Å². The summed E-state index contributed by atoms with van der Waals surface area (Å²) in [5, 5.41) is 0. The van der Waals surface area contributed by atoms with Crippen molar-refractivity contribution < 1.29 is 13.2 Å². The molecule has 0 amide bonds. The average molecular weight is 362 g/mol. The minimum atomic E-state index is -3.46. The van der Waals surface area contributed by atoms with Crippen molar-refractivity contribution in [3.05, 3.63) is 22.7 Å². The van der Waals surface area contributed by atoms with Crippen LogP contribution in [-0.2, 0) is 10.0 Å². The van der Waals surface area contributed by atoms with Crippen molar-refractivity contribution in [1.29, 1.82) is 0 Å². The van der Waals surface area contributed by atoms with Gasteiger partial charge in [-0.25, -0.2) is 8.42 Å². The van der Waals surface area contributed by atoms with E-state index in [2.05, 4.69) is 15.9 Å². The van der Waals surface area contributed by atoms with E-state index in [9.17, 15) is 8.42 Å². The van der Waals surface area contributed by atoms with Gasteiger partial charge in [0.2, 0.25) is 10.0 Å². The summed E-state index contributed by atoms with van der Waals surface area (Å²) < 4.78 is 33.1. The Morgan fingerprint density at radius 3 is 2.35 bits per heavy atom. The monoisotopic (exact) mass is 361 g/mol. The van der Waals surface area contributed by atoms with Gasteiger partial charge >= 0.3 is 0 Å². The highest BCUT2D eigenvalue weighted by molar-refractivity contribution is 9.10. The molecule has 0 spiro atoms. The highest BCUT2D eigenvalue weighted by Gasteiger charge is 2.35. The van der Waals surface area contributed by atoms with Crippen LogP contribution in [-0.4, -0.2) is 31.9 Å². The molecule has 1 aromatic carbocycles. The number of hydrogen-bond acceptors (Lipinski definition) is 3. The Kier molecular flexibility index (Phi) is 4.76. The molecule has 0 radical (unpaired) electrons. The van der Waals surface area contributed by atoms with Crippen LogP contribution in [0.5, 0.6) is 5.75 Å². The molecule has 1 saturated heterocycles. The fraction of sp³-hybridized carbons (Fsp3) is 0.571. The van der Waals surface area contributed by atoms with Crippen LogP contribution in [0.4, 0.5) is 0 Å². The van der Waals surface area contributed by atoms with Gasteiger partial charge in [0.1, 0.15) is 5.75 Å². The predicted octanol–water partition coefficient (Wildman–Crippen LogP) is 3.41. The zero-order valence-corrected chi connectivity index (χ0v) is 14.4. The van der Waals surface area contributed by atoms with Crippen molar-refractivity contribution in [3.63, 3.8) is 0 Å². The molecule has 1 aromatic rings. The Labute approximate surface area is 129 Å². The lowest BCUT2D eigenvalue weighted by Crippen LogP contribution is -2.47. The van der Waals surface area contributed by atoms with Gasteiger partial charge in [0.05, 0.1) is 16.5 Å². The highest BCUT2D eigenvalue weighted by Crippen LogP contribution is 2.33. The molecule has 0 saturated carbocycles. The molecular formula is C14H20BrNO3S. The summed E-state index contributed by atoms with van der Waals surface area (Å²) in [4.78, 5) is 0.311. The predicted molar refractivity (Wildman–Crippen MR) is 82.5 cm³/mol. The van der Waals surface area contributed by atoms with Crippen molar-refractivity contribution in [1.82, 2.24) is 4.31 Å². The smallest absolute Gasteiger partial charge is 0.243 e. The number of piperidine rings is 1. The minimum absolute atomic E-state index is 0.0460. The molecule has 0 bridgehead atoms. The number of halogens is 1. The maximum atomic E-state index is 12.8. The molecule has 0 N–H and O–H groups in total. The quantitative estimate of drug-likeness (QED) is 0.828. The third-order valence-electron chi connectivity index (χ3n) is 3.81. The molecule has 2 atom stereocenters. The maximum Gasteiger partial charge on any atom is 0.243 e. The first-order valence-electron chi connectivity index (χ1n) is 6.75. The zero-order chi connectivity index (χ0) is 14.9. The molecule has 20 heavy (non-hydrogen) atoms. The van der Waals surface area contributed by atoms with E-state index in [1.165, 1.54) is 0 Å². The molecular weight excluding hydrogens is 342 g/mol. The first-order chi connectivity index (χ1) is 9.37. The van der Waals surface area contributed by atoms with Gasteiger partial charge in [0, 0.05) is 12.1 Å². The van der Waals surface area contributed by atoms with Gasteiger partial charge in [0.15, 0.2) is 0 Å². The van der Waals surface area contributed by atoms with Crippen molar-refractivity contribution in [2.24, 2.45) is 0 Å². The molecule has 2 rings (SSSR count). The standard InChI is InChI=1S/C14H20BrNO3S/c1-10-5-4-6-11(2)16(10)20(17,18)12-7-8-14(19-3)13(15)9-12/h7-11H,4-6H2,1-3H3. The summed E-state index contributed by atoms with van der Waals surface area (Å²) in [7, 11) is -1.90. The van der Waals surface area contributed by atoms with Crippen molar-refractivity contribution >= 4 is 26.0 Å². The van der Waals surface area contributed by atoms with Gasteiger partial charge in [0.25, 0.3) is 0 Å². The SMILES string of the molecule is COc1ccc(S(=O)(=O)N2C(C)CCCC2C)cc1Br. The number of sulfonamides is 1. The van der Waals surface area contributed by atoms with Gasteiger partial charge in [-0.15, -0.1) is 0 Å². The Balaban J connectivity index is 2.41. The third kappa shape index (κ3) is 2.87. The second kappa shape index (κ2) is 6.03. The van der Waals surface area contributed by atoms with E-state index in [1.54, 1.807) is 29.6 Å². The minimum Gasteiger partial charge on any atom is -0.496 e. The molecule has 1 fully saturated rings. The Bertz CT molecular complexity index is 578. The second-order valence-electron chi connectivity index (χ2n) is 5.26. The molecule has 112 valence electrons. The Morgan fingerprint density at radius 2 is 1.85 bits per heavy atom. The largest absolute Gasteiger partial charge is 0.496 e. The second-order valence-corrected chi connectivity index (χ2v) is 7.96. The van der Waals surface area contributed by atoms with Crippen LogP contribution in [0.1, 0.15) is 33.1 Å².